The number of rotatable bonds is 13. The van der Waals surface area contributed by atoms with Gasteiger partial charge in [0.1, 0.15) is 40.2 Å². The van der Waals surface area contributed by atoms with E-state index in [-0.39, 0.29) is 23.0 Å². The first-order valence-corrected chi connectivity index (χ1v) is 25.6. The summed E-state index contributed by atoms with van der Waals surface area (Å²) in [6, 6.07) is 88.7. The Bertz CT molecular complexity index is 3550. The van der Waals surface area contributed by atoms with Gasteiger partial charge in [-0.25, -0.2) is 0 Å². The van der Waals surface area contributed by atoms with Gasteiger partial charge in [-0.15, -0.1) is 0 Å². The van der Waals surface area contributed by atoms with Gasteiger partial charge < -0.3 is 29.9 Å². The van der Waals surface area contributed by atoms with Crippen molar-refractivity contribution in [1.29, 1.82) is 0 Å². The number of hydrogen-bond acceptors (Lipinski definition) is 6. The van der Waals surface area contributed by atoms with Gasteiger partial charge in [-0.05, 0) is 154 Å². The summed E-state index contributed by atoms with van der Waals surface area (Å²) in [6.45, 7) is 4.36. The Hall–Kier alpha value is -9.78. The van der Waals surface area contributed by atoms with Crippen molar-refractivity contribution in [3.05, 3.63) is 306 Å². The van der Waals surface area contributed by atoms with Gasteiger partial charge in [0.05, 0.1) is 7.11 Å². The van der Waals surface area contributed by atoms with Gasteiger partial charge in [-0.1, -0.05) is 188 Å². The molecule has 11 aromatic rings. The van der Waals surface area contributed by atoms with E-state index in [1.54, 1.807) is 31.4 Å². The molecule has 11 aromatic carbocycles. The fourth-order valence-corrected chi connectivity index (χ4v) is 10.2. The highest BCUT2D eigenvalue weighted by Crippen LogP contribution is 2.47. The molecule has 0 aliphatic carbocycles. The third-order valence-corrected chi connectivity index (χ3v) is 14.7. The predicted octanol–water partition coefficient (Wildman–Crippen LogP) is 17.4. The van der Waals surface area contributed by atoms with Gasteiger partial charge in [0.25, 0.3) is 0 Å². The highest BCUT2D eigenvalue weighted by molar-refractivity contribution is 5.77. The topological polar surface area (TPSA) is 99.4 Å². The molecular formula is C71H58O6. The molecule has 378 valence electrons. The molecule has 0 unspecified atom stereocenters. The van der Waals surface area contributed by atoms with Crippen LogP contribution in [0.2, 0.25) is 0 Å². The standard InChI is InChI=1S/C38H30O3.C33H28O3/c1-38(29-17-21-33(22-18-29)41-32-15-9-4-10-16-32,30-19-23-36(39)34(25-30)27-11-5-2-6-12-27)31-20-24-37(40)35(26-31)28-13-7-3-8-14-28;1-33(25-13-17-28(36-2)18-14-25,26-15-19-31(34)29(21-26)23-9-5-3-6-10-23)27-16-20-32(35)30(22-27)24-11-7-4-8-12-24/h2-26,39-40H,1H3;3-22,34-35H,1-2H3. The van der Waals surface area contributed by atoms with Crippen LogP contribution in [0.1, 0.15) is 47.2 Å². The molecule has 11 rings (SSSR count). The number of hydrogen-bond donors (Lipinski definition) is 4. The van der Waals surface area contributed by atoms with Crippen molar-refractivity contribution < 1.29 is 29.9 Å². The number of ether oxygens (including phenoxy) is 2. The second-order valence-corrected chi connectivity index (χ2v) is 19.3. The lowest BCUT2D eigenvalue weighted by Crippen LogP contribution is -2.25. The van der Waals surface area contributed by atoms with Crippen molar-refractivity contribution in [2.75, 3.05) is 7.11 Å². The number of methoxy groups -OCH3 is 1. The van der Waals surface area contributed by atoms with Gasteiger partial charge in [-0.2, -0.15) is 0 Å². The summed E-state index contributed by atoms with van der Waals surface area (Å²) >= 11 is 0. The van der Waals surface area contributed by atoms with E-state index in [4.69, 9.17) is 9.47 Å². The van der Waals surface area contributed by atoms with E-state index in [2.05, 4.69) is 62.4 Å². The average molecular weight is 1010 g/mol. The van der Waals surface area contributed by atoms with Crippen LogP contribution in [-0.2, 0) is 10.8 Å². The zero-order chi connectivity index (χ0) is 53.4. The minimum Gasteiger partial charge on any atom is -0.507 e. The maximum absolute atomic E-state index is 10.9. The fraction of sp³-hybridized carbons (Fsp3) is 0.0704. The first kappa shape index (κ1) is 50.7. The van der Waals surface area contributed by atoms with Crippen LogP contribution in [0.3, 0.4) is 0 Å². The Balaban J connectivity index is 0.000000176. The van der Waals surface area contributed by atoms with Gasteiger partial charge in [0.15, 0.2) is 0 Å². The summed E-state index contributed by atoms with van der Waals surface area (Å²) < 4.78 is 11.5. The Morgan fingerprint density at radius 1 is 0.260 bits per heavy atom. The van der Waals surface area contributed by atoms with Crippen molar-refractivity contribution in [2.45, 2.75) is 24.7 Å². The number of phenolic OH excluding ortho intramolecular Hbond substituents is 4. The largest absolute Gasteiger partial charge is 0.507 e. The third-order valence-electron chi connectivity index (χ3n) is 14.7. The van der Waals surface area contributed by atoms with E-state index in [9.17, 15) is 20.4 Å². The lowest BCUT2D eigenvalue weighted by molar-refractivity contribution is 0.414. The number of benzene rings is 11. The summed E-state index contributed by atoms with van der Waals surface area (Å²) in [5.41, 5.74) is 11.8. The molecule has 0 heterocycles. The van der Waals surface area contributed by atoms with Crippen molar-refractivity contribution >= 4 is 0 Å². The van der Waals surface area contributed by atoms with Crippen LogP contribution in [0.25, 0.3) is 44.5 Å². The van der Waals surface area contributed by atoms with Crippen LogP contribution < -0.4 is 9.47 Å². The molecule has 6 nitrogen and oxygen atoms in total. The molecule has 0 saturated heterocycles. The van der Waals surface area contributed by atoms with Crippen molar-refractivity contribution in [2.24, 2.45) is 0 Å². The Morgan fingerprint density at radius 3 is 0.766 bits per heavy atom. The predicted molar refractivity (Wildman–Crippen MR) is 311 cm³/mol. The van der Waals surface area contributed by atoms with Crippen LogP contribution in [0, 0.1) is 0 Å². The molecule has 4 N–H and O–H groups in total. The van der Waals surface area contributed by atoms with E-state index in [1.165, 1.54) is 0 Å². The third kappa shape index (κ3) is 10.6. The normalized spacial score (nSPS) is 11.3. The van der Waals surface area contributed by atoms with E-state index in [0.29, 0.717) is 0 Å². The van der Waals surface area contributed by atoms with Gasteiger partial charge in [0, 0.05) is 33.1 Å². The van der Waals surface area contributed by atoms with Crippen molar-refractivity contribution in [1.82, 2.24) is 0 Å². The van der Waals surface area contributed by atoms with E-state index < -0.39 is 10.8 Å². The molecule has 0 aliphatic rings. The second kappa shape index (κ2) is 22.4. The maximum Gasteiger partial charge on any atom is 0.127 e. The molecule has 0 atom stereocenters. The molecule has 0 saturated carbocycles. The molecule has 0 aliphatic heterocycles. The molecule has 0 radical (unpaired) electrons. The van der Waals surface area contributed by atoms with Gasteiger partial charge in [-0.3, -0.25) is 0 Å². The van der Waals surface area contributed by atoms with Crippen LogP contribution >= 0.6 is 0 Å². The minimum atomic E-state index is -0.625. The van der Waals surface area contributed by atoms with Crippen LogP contribution in [0.4, 0.5) is 0 Å². The highest BCUT2D eigenvalue weighted by atomic mass is 16.5. The van der Waals surface area contributed by atoms with E-state index in [1.807, 2.05) is 200 Å². The summed E-state index contributed by atoms with van der Waals surface area (Å²) in [5.74, 6) is 3.23. The van der Waals surface area contributed by atoms with E-state index >= 15 is 0 Å². The fourth-order valence-electron chi connectivity index (χ4n) is 10.2. The second-order valence-electron chi connectivity index (χ2n) is 19.3. The monoisotopic (exact) mass is 1010 g/mol. The Labute approximate surface area is 450 Å². The average Bonchev–Trinajstić information content (AvgIpc) is 3.50. The molecule has 77 heavy (non-hydrogen) atoms. The van der Waals surface area contributed by atoms with Crippen LogP contribution in [0.5, 0.6) is 40.2 Å². The molecule has 0 spiro atoms. The molecular weight excluding hydrogens is 949 g/mol. The van der Waals surface area contributed by atoms with E-state index in [0.717, 1.165) is 95.1 Å². The van der Waals surface area contributed by atoms with Crippen molar-refractivity contribution in [3.8, 4) is 84.8 Å². The first-order valence-electron chi connectivity index (χ1n) is 25.6. The first-order chi connectivity index (χ1) is 37.5. The molecule has 6 heteroatoms. The summed E-state index contributed by atoms with van der Waals surface area (Å²) in [4.78, 5) is 0. The lowest BCUT2D eigenvalue weighted by Gasteiger charge is -2.33. The van der Waals surface area contributed by atoms with Crippen molar-refractivity contribution in [3.63, 3.8) is 0 Å². The van der Waals surface area contributed by atoms with Gasteiger partial charge in [0.2, 0.25) is 0 Å². The summed E-state index contributed by atoms with van der Waals surface area (Å²) in [7, 11) is 1.66. The number of aromatic hydroxyl groups is 4. The smallest absolute Gasteiger partial charge is 0.127 e. The van der Waals surface area contributed by atoms with Gasteiger partial charge >= 0.3 is 0 Å². The minimum absolute atomic E-state index is 0.226. The Kier molecular flexibility index (Phi) is 14.7. The quantitative estimate of drug-likeness (QED) is 0.0859. The molecule has 0 amide bonds. The Morgan fingerprint density at radius 2 is 0.494 bits per heavy atom. The highest BCUT2D eigenvalue weighted by Gasteiger charge is 2.34. The molecule has 0 fully saturated rings. The molecule has 0 bridgehead atoms. The van der Waals surface area contributed by atoms with Crippen LogP contribution in [-0.4, -0.2) is 27.5 Å². The summed E-state index contributed by atoms with van der Waals surface area (Å²) in [6.07, 6.45) is 0. The molecule has 0 aromatic heterocycles. The lowest BCUT2D eigenvalue weighted by atomic mass is 9.70. The number of phenols is 4. The number of para-hydroxylation sites is 1. The maximum atomic E-state index is 10.9. The van der Waals surface area contributed by atoms with Crippen LogP contribution in [0.15, 0.2) is 273 Å². The zero-order valence-electron chi connectivity index (χ0n) is 43.1. The SMILES string of the molecule is CC(c1ccc(Oc2ccccc2)cc1)(c1ccc(O)c(-c2ccccc2)c1)c1ccc(O)c(-c2ccccc2)c1.COc1ccc(C(C)(c2ccc(O)c(-c3ccccc3)c2)c2ccc(O)c(-c3ccccc3)c2)cc1. The zero-order valence-corrected chi connectivity index (χ0v) is 43.1. The summed E-state index contributed by atoms with van der Waals surface area (Å²) in [5, 5.41) is 43.2.